The van der Waals surface area contributed by atoms with E-state index in [0.29, 0.717) is 0 Å². The van der Waals surface area contributed by atoms with Gasteiger partial charge in [-0.15, -0.1) is 0 Å². The van der Waals surface area contributed by atoms with E-state index in [4.69, 9.17) is 9.31 Å². The third-order valence-electron chi connectivity index (χ3n) is 6.25. The van der Waals surface area contributed by atoms with Gasteiger partial charge in [0.1, 0.15) is 0 Å². The molecule has 1 aliphatic carbocycles. The molecular formula is C21H32BNO4. The highest BCUT2D eigenvalue weighted by Gasteiger charge is 2.51. The minimum atomic E-state index is -0.843. The Bertz CT molecular complexity index is 722. The highest BCUT2D eigenvalue weighted by Crippen LogP contribution is 2.37. The second-order valence-corrected chi connectivity index (χ2v) is 9.84. The van der Waals surface area contributed by atoms with Crippen LogP contribution in [0.2, 0.25) is 0 Å². The van der Waals surface area contributed by atoms with E-state index >= 15 is 0 Å². The van der Waals surface area contributed by atoms with Crippen molar-refractivity contribution in [2.45, 2.75) is 90.5 Å². The number of carboxylic acid groups (broad SMARTS) is 1. The van der Waals surface area contributed by atoms with Crippen LogP contribution in [-0.2, 0) is 22.2 Å². The van der Waals surface area contributed by atoms with Crippen molar-refractivity contribution >= 4 is 18.7 Å². The molecule has 1 heterocycles. The summed E-state index contributed by atoms with van der Waals surface area (Å²) in [5.41, 5.74) is 2.42. The van der Waals surface area contributed by atoms with E-state index < -0.39 is 11.6 Å². The predicted octanol–water partition coefficient (Wildman–Crippen LogP) is 3.62. The second-order valence-electron chi connectivity index (χ2n) is 9.84. The molecule has 1 aromatic carbocycles. The van der Waals surface area contributed by atoms with E-state index in [-0.39, 0.29) is 24.4 Å². The smallest absolute Gasteiger partial charge is 0.465 e. The van der Waals surface area contributed by atoms with Gasteiger partial charge in [0.2, 0.25) is 0 Å². The summed E-state index contributed by atoms with van der Waals surface area (Å²) in [4.78, 5) is 13.4. The zero-order chi connectivity index (χ0) is 20.2. The third-order valence-corrected chi connectivity index (χ3v) is 6.25. The fourth-order valence-corrected chi connectivity index (χ4v) is 4.09. The molecule has 0 aromatic heterocycles. The lowest BCUT2D eigenvalue weighted by Gasteiger charge is -2.41. The summed E-state index contributed by atoms with van der Waals surface area (Å²) in [6.45, 7) is 14.1. The molecule has 0 bridgehead atoms. The van der Waals surface area contributed by atoms with Crippen molar-refractivity contribution in [3.8, 4) is 0 Å². The minimum Gasteiger partial charge on any atom is -0.465 e. The molecule has 1 aromatic rings. The SMILES string of the molecule is CC(C)(C)N(C(=O)O)C1CCc2cc(B3OC(C)(C)C(C)(C)O3)ccc2C1. The molecule has 1 amide bonds. The zero-order valence-electron chi connectivity index (χ0n) is 17.6. The molecule has 1 aliphatic heterocycles. The molecule has 0 saturated carbocycles. The molecule has 2 aliphatic rings. The lowest BCUT2D eigenvalue weighted by molar-refractivity contribution is 0.00578. The minimum absolute atomic E-state index is 0.0118. The quantitative estimate of drug-likeness (QED) is 0.805. The van der Waals surface area contributed by atoms with E-state index in [1.807, 2.05) is 20.8 Å². The molecule has 1 N–H and O–H groups in total. The van der Waals surface area contributed by atoms with Crippen molar-refractivity contribution in [3.05, 3.63) is 29.3 Å². The number of nitrogens with zero attached hydrogens (tertiary/aromatic N) is 1. The Hall–Kier alpha value is -1.53. The van der Waals surface area contributed by atoms with Crippen LogP contribution in [0.5, 0.6) is 0 Å². The van der Waals surface area contributed by atoms with Crippen molar-refractivity contribution in [2.24, 2.45) is 0 Å². The summed E-state index contributed by atoms with van der Waals surface area (Å²) < 4.78 is 12.3. The highest BCUT2D eigenvalue weighted by atomic mass is 16.7. The van der Waals surface area contributed by atoms with Gasteiger partial charge in [0.15, 0.2) is 0 Å². The number of fused-ring (bicyclic) bond motifs is 1. The van der Waals surface area contributed by atoms with Gasteiger partial charge >= 0.3 is 13.2 Å². The Kier molecular flexibility index (Phi) is 4.88. The van der Waals surface area contributed by atoms with Gasteiger partial charge in [-0.2, -0.15) is 0 Å². The first-order valence-corrected chi connectivity index (χ1v) is 9.81. The fourth-order valence-electron chi connectivity index (χ4n) is 4.09. The Balaban J connectivity index is 1.81. The number of aryl methyl sites for hydroxylation is 1. The molecule has 1 fully saturated rings. The molecule has 1 saturated heterocycles. The van der Waals surface area contributed by atoms with Crippen molar-refractivity contribution in [2.75, 3.05) is 0 Å². The van der Waals surface area contributed by atoms with Crippen LogP contribution in [0.4, 0.5) is 4.79 Å². The monoisotopic (exact) mass is 373 g/mol. The van der Waals surface area contributed by atoms with Gasteiger partial charge in [-0.25, -0.2) is 4.79 Å². The number of hydrogen-bond acceptors (Lipinski definition) is 3. The van der Waals surface area contributed by atoms with Crippen LogP contribution in [0.1, 0.15) is 66.0 Å². The van der Waals surface area contributed by atoms with Crippen molar-refractivity contribution < 1.29 is 19.2 Å². The molecule has 148 valence electrons. The fraction of sp³-hybridized carbons (Fsp3) is 0.667. The molecule has 27 heavy (non-hydrogen) atoms. The molecule has 0 radical (unpaired) electrons. The van der Waals surface area contributed by atoms with Gasteiger partial charge in [0.05, 0.1) is 11.2 Å². The number of rotatable bonds is 2. The predicted molar refractivity (Wildman–Crippen MR) is 108 cm³/mol. The standard InChI is InChI=1S/C21H32BNO4/c1-19(2,3)23(18(24)25)17-11-9-14-12-16(10-8-15(14)13-17)22-26-20(4,5)21(6,7)27-22/h8,10,12,17H,9,11,13H2,1-7H3,(H,24,25). The maximum absolute atomic E-state index is 11.8. The zero-order valence-corrected chi connectivity index (χ0v) is 17.6. The topological polar surface area (TPSA) is 59.0 Å². The van der Waals surface area contributed by atoms with Gasteiger partial charge < -0.3 is 19.3 Å². The average Bonchev–Trinajstić information content (AvgIpc) is 2.73. The van der Waals surface area contributed by atoms with Gasteiger partial charge in [-0.05, 0) is 84.3 Å². The molecule has 5 nitrogen and oxygen atoms in total. The molecular weight excluding hydrogens is 341 g/mol. The van der Waals surface area contributed by atoms with E-state index in [0.717, 1.165) is 24.7 Å². The van der Waals surface area contributed by atoms with Crippen LogP contribution >= 0.6 is 0 Å². The van der Waals surface area contributed by atoms with Crippen molar-refractivity contribution in [3.63, 3.8) is 0 Å². The van der Waals surface area contributed by atoms with Crippen LogP contribution in [0.25, 0.3) is 0 Å². The third kappa shape index (κ3) is 3.74. The van der Waals surface area contributed by atoms with E-state index in [1.165, 1.54) is 11.1 Å². The lowest BCUT2D eigenvalue weighted by Crippen LogP contribution is -2.53. The number of hydrogen-bond donors (Lipinski definition) is 1. The Morgan fingerprint density at radius 3 is 2.26 bits per heavy atom. The van der Waals surface area contributed by atoms with Crippen molar-refractivity contribution in [1.82, 2.24) is 4.90 Å². The van der Waals surface area contributed by atoms with Gasteiger partial charge in [-0.3, -0.25) is 0 Å². The maximum atomic E-state index is 11.8. The van der Waals surface area contributed by atoms with E-state index in [1.54, 1.807) is 4.90 Å². The number of amides is 1. The maximum Gasteiger partial charge on any atom is 0.494 e. The summed E-state index contributed by atoms with van der Waals surface area (Å²) in [6, 6.07) is 6.36. The van der Waals surface area contributed by atoms with Gasteiger partial charge in [-0.1, -0.05) is 18.2 Å². The summed E-state index contributed by atoms with van der Waals surface area (Å²) in [6.07, 6.45) is 1.61. The molecule has 6 heteroatoms. The first-order chi connectivity index (χ1) is 12.3. The molecule has 1 atom stereocenters. The highest BCUT2D eigenvalue weighted by molar-refractivity contribution is 6.62. The normalized spacial score (nSPS) is 23.8. The van der Waals surface area contributed by atoms with Crippen LogP contribution in [0.3, 0.4) is 0 Å². The van der Waals surface area contributed by atoms with E-state index in [2.05, 4.69) is 45.9 Å². The summed E-state index contributed by atoms with van der Waals surface area (Å²) in [7, 11) is -0.358. The van der Waals surface area contributed by atoms with Gasteiger partial charge in [0.25, 0.3) is 0 Å². The van der Waals surface area contributed by atoms with Crippen LogP contribution in [-0.4, -0.2) is 46.0 Å². The first kappa shape index (κ1) is 20.2. The average molecular weight is 373 g/mol. The summed E-state index contributed by atoms with van der Waals surface area (Å²) in [5.74, 6) is 0. The van der Waals surface area contributed by atoms with Crippen molar-refractivity contribution in [1.29, 1.82) is 0 Å². The Morgan fingerprint density at radius 2 is 1.74 bits per heavy atom. The lowest BCUT2D eigenvalue weighted by atomic mass is 9.75. The number of carbonyl (C=O) groups is 1. The molecule has 1 unspecified atom stereocenters. The van der Waals surface area contributed by atoms with Gasteiger partial charge in [0, 0.05) is 11.6 Å². The van der Waals surface area contributed by atoms with Crippen LogP contribution < -0.4 is 5.46 Å². The summed E-state index contributed by atoms with van der Waals surface area (Å²) in [5, 5.41) is 9.69. The number of benzene rings is 1. The molecule has 3 rings (SSSR count). The second kappa shape index (κ2) is 6.52. The van der Waals surface area contributed by atoms with Crippen LogP contribution in [0.15, 0.2) is 18.2 Å². The van der Waals surface area contributed by atoms with Crippen LogP contribution in [0, 0.1) is 0 Å². The Morgan fingerprint density at radius 1 is 1.15 bits per heavy atom. The summed E-state index contributed by atoms with van der Waals surface area (Å²) >= 11 is 0. The first-order valence-electron chi connectivity index (χ1n) is 9.81. The molecule has 0 spiro atoms. The van der Waals surface area contributed by atoms with E-state index in [9.17, 15) is 9.90 Å². The Labute approximate surface area is 163 Å². The largest absolute Gasteiger partial charge is 0.494 e.